The number of hydrogen-bond acceptors (Lipinski definition) is 7. The Bertz CT molecular complexity index is 454. The molecule has 4 atom stereocenters. The van der Waals surface area contributed by atoms with E-state index in [4.69, 9.17) is 15.6 Å². The van der Waals surface area contributed by atoms with Crippen LogP contribution in [-0.2, 0) is 54.3 Å². The molecule has 2 aliphatic rings. The third kappa shape index (κ3) is 10.5. The van der Waals surface area contributed by atoms with Crippen LogP contribution in [0.4, 0.5) is 0 Å². The molecular weight excluding hydrogens is 453 g/mol. The summed E-state index contributed by atoms with van der Waals surface area (Å²) in [6.07, 6.45) is 2.00. The molecule has 0 aromatic rings. The van der Waals surface area contributed by atoms with Gasteiger partial charge in [-0.05, 0) is 5.92 Å². The van der Waals surface area contributed by atoms with Crippen LogP contribution in [0.1, 0.15) is 25.7 Å². The zero-order valence-corrected chi connectivity index (χ0v) is 16.6. The maximum atomic E-state index is 11.0. The Morgan fingerprint density at radius 3 is 1.72 bits per heavy atom. The van der Waals surface area contributed by atoms with Crippen molar-refractivity contribution in [1.82, 2.24) is 0 Å². The summed E-state index contributed by atoms with van der Waals surface area (Å²) >= 11 is 7.40. The van der Waals surface area contributed by atoms with E-state index in [-0.39, 0.29) is 37.5 Å². The summed E-state index contributed by atoms with van der Waals surface area (Å²) < 4.78 is 0. The fraction of sp³-hybridized carbons (Fsp3) is 0.714. The Morgan fingerprint density at radius 2 is 1.36 bits per heavy atom. The summed E-state index contributed by atoms with van der Waals surface area (Å²) in [6.45, 7) is 1.04. The van der Waals surface area contributed by atoms with Crippen LogP contribution in [0.5, 0.6) is 0 Å². The molecular formula is C14H17N4O4RuS2-. The molecule has 0 aliphatic carbocycles. The third-order valence-corrected chi connectivity index (χ3v) is 3.86. The maximum absolute atomic E-state index is 11.0. The van der Waals surface area contributed by atoms with Crippen molar-refractivity contribution in [3.63, 3.8) is 0 Å². The van der Waals surface area contributed by atoms with Crippen LogP contribution in [0.3, 0.4) is 0 Å². The number of nitriles is 2. The normalized spacial score (nSPS) is 27.3. The standard InChI is InChI=1S/C12H18N2O4.2CHNS.Ru/c15-11(16)7-1-3-13-9(5-7)10-6-8(12(17)18)2-4-14-10;2*2-1-3;/h7-10H,1-6H2,(H,15,16)(H,17,18);2*3H;/q-2;;;+4/p-3. The number of carbonyl (C=O) groups is 2. The second-order valence-corrected chi connectivity index (χ2v) is 5.59. The largest absolute Gasteiger partial charge is 4.00 e. The number of piperidine rings is 2. The molecule has 2 rings (SSSR count). The quantitative estimate of drug-likeness (QED) is 0.347. The van der Waals surface area contributed by atoms with Gasteiger partial charge in [-0.25, -0.2) is 10.5 Å². The number of thiocyanates is 2. The first-order valence-corrected chi connectivity index (χ1v) is 8.02. The topological polar surface area (TPSA) is 153 Å². The van der Waals surface area contributed by atoms with Crippen LogP contribution in [0.25, 0.3) is 10.6 Å². The average Bonchev–Trinajstić information content (AvgIpc) is 2.56. The summed E-state index contributed by atoms with van der Waals surface area (Å²) in [5, 5.41) is 45.6. The number of hydrogen-bond donors (Lipinski definition) is 1. The number of carbonyl (C=O) groups excluding carboxylic acids is 1. The molecule has 0 spiro atoms. The van der Waals surface area contributed by atoms with E-state index in [2.05, 4.69) is 35.9 Å². The van der Waals surface area contributed by atoms with E-state index in [9.17, 15) is 14.7 Å². The number of rotatable bonds is 3. The van der Waals surface area contributed by atoms with Crippen molar-refractivity contribution in [3.8, 4) is 10.8 Å². The van der Waals surface area contributed by atoms with Gasteiger partial charge in [-0.2, -0.15) is 12.1 Å². The van der Waals surface area contributed by atoms with Gasteiger partial charge in [-0.1, -0.05) is 36.5 Å². The molecule has 0 radical (unpaired) electrons. The molecule has 0 aromatic heterocycles. The minimum absolute atomic E-state index is 0. The zero-order chi connectivity index (χ0) is 18.5. The predicted molar refractivity (Wildman–Crippen MR) is 88.1 cm³/mol. The van der Waals surface area contributed by atoms with E-state index in [0.717, 1.165) is 0 Å². The van der Waals surface area contributed by atoms with Gasteiger partial charge in [-0.15, -0.1) is 13.1 Å². The van der Waals surface area contributed by atoms with Crippen molar-refractivity contribution in [2.45, 2.75) is 37.8 Å². The maximum Gasteiger partial charge on any atom is 4.00 e. The average molecular weight is 471 g/mol. The van der Waals surface area contributed by atoms with Gasteiger partial charge in [0, 0.05) is 5.97 Å². The number of carboxylic acids is 2. The summed E-state index contributed by atoms with van der Waals surface area (Å²) in [4.78, 5) is 21.9. The molecule has 138 valence electrons. The first-order valence-electron chi connectivity index (χ1n) is 7.20. The zero-order valence-electron chi connectivity index (χ0n) is 13.2. The number of carboxylic acid groups (broad SMARTS) is 2. The molecule has 0 amide bonds. The molecule has 25 heavy (non-hydrogen) atoms. The van der Waals surface area contributed by atoms with Crippen LogP contribution in [0, 0.1) is 33.2 Å². The van der Waals surface area contributed by atoms with Gasteiger partial charge in [0.2, 0.25) is 0 Å². The smallest absolute Gasteiger partial charge is 0.696 e. The number of nitrogens with zero attached hydrogens (tertiary/aromatic N) is 4. The molecule has 11 heteroatoms. The van der Waals surface area contributed by atoms with E-state index < -0.39 is 17.9 Å². The van der Waals surface area contributed by atoms with Gasteiger partial charge in [0.05, 0.1) is 5.92 Å². The fourth-order valence-corrected chi connectivity index (χ4v) is 2.76. The monoisotopic (exact) mass is 471 g/mol. The Balaban J connectivity index is 0. The molecule has 2 aliphatic heterocycles. The van der Waals surface area contributed by atoms with Gasteiger partial charge in [0.1, 0.15) is 0 Å². The van der Waals surface area contributed by atoms with Crippen LogP contribution in [0.2, 0.25) is 0 Å². The molecule has 2 fully saturated rings. The molecule has 0 saturated carbocycles. The second kappa shape index (κ2) is 15.2. The molecule has 1 N–H and O–H groups in total. The minimum atomic E-state index is -1.03. The Morgan fingerprint density at radius 1 is 1.00 bits per heavy atom. The van der Waals surface area contributed by atoms with Gasteiger partial charge in [0.15, 0.2) is 0 Å². The van der Waals surface area contributed by atoms with E-state index in [0.29, 0.717) is 38.8 Å². The molecule has 2 heterocycles. The predicted octanol–water partition coefficient (Wildman–Crippen LogP) is 0.152. The summed E-state index contributed by atoms with van der Waals surface area (Å²) in [7, 11) is 0. The molecule has 0 aromatic carbocycles. The van der Waals surface area contributed by atoms with Crippen LogP contribution >= 0.6 is 0 Å². The molecule has 4 unspecified atom stereocenters. The van der Waals surface area contributed by atoms with E-state index in [1.165, 1.54) is 10.8 Å². The molecule has 2 saturated heterocycles. The van der Waals surface area contributed by atoms with Crippen molar-refractivity contribution >= 4 is 37.2 Å². The van der Waals surface area contributed by atoms with Crippen molar-refractivity contribution < 1.29 is 39.3 Å². The van der Waals surface area contributed by atoms with Crippen LogP contribution in [0.15, 0.2) is 0 Å². The van der Waals surface area contributed by atoms with Gasteiger partial charge < -0.3 is 50.9 Å². The molecule has 0 bridgehead atoms. The summed E-state index contributed by atoms with van der Waals surface area (Å²) in [6, 6.07) is -0.286. The third-order valence-electron chi connectivity index (χ3n) is 3.86. The van der Waals surface area contributed by atoms with Crippen molar-refractivity contribution in [2.75, 3.05) is 13.1 Å². The van der Waals surface area contributed by atoms with Crippen LogP contribution in [-0.4, -0.2) is 42.2 Å². The summed E-state index contributed by atoms with van der Waals surface area (Å²) in [5.41, 5.74) is 0. The number of aliphatic carboxylic acids is 2. The van der Waals surface area contributed by atoms with E-state index in [1.807, 2.05) is 0 Å². The fourth-order valence-electron chi connectivity index (χ4n) is 2.76. The van der Waals surface area contributed by atoms with Crippen molar-refractivity contribution in [2.24, 2.45) is 11.8 Å². The Hall–Kier alpha value is -1.10. The van der Waals surface area contributed by atoms with E-state index >= 15 is 0 Å². The Kier molecular flexibility index (Phi) is 15.9. The van der Waals surface area contributed by atoms with Gasteiger partial charge >= 0.3 is 25.4 Å². The second-order valence-electron chi connectivity index (χ2n) is 5.23. The van der Waals surface area contributed by atoms with Gasteiger partial charge in [0.25, 0.3) is 0 Å². The van der Waals surface area contributed by atoms with Crippen molar-refractivity contribution in [3.05, 3.63) is 10.6 Å². The van der Waals surface area contributed by atoms with E-state index in [1.54, 1.807) is 0 Å². The first kappa shape index (κ1) is 26.1. The summed E-state index contributed by atoms with van der Waals surface area (Å²) in [5.74, 6) is -2.65. The van der Waals surface area contributed by atoms with Crippen LogP contribution < -0.4 is 5.11 Å². The van der Waals surface area contributed by atoms with Gasteiger partial charge in [-0.3, -0.25) is 4.79 Å². The minimum Gasteiger partial charge on any atom is -0.696 e. The Labute approximate surface area is 170 Å². The first-order chi connectivity index (χ1) is 11.4. The van der Waals surface area contributed by atoms with Crippen molar-refractivity contribution in [1.29, 1.82) is 10.5 Å². The SMILES string of the molecule is N#C[S-].N#C[S-].O=C([O-])C1CC[N-]C(C2CC(C(=O)O)CC[N-]2)C1.[Ru+4]. The molecule has 8 nitrogen and oxygen atoms in total.